The Morgan fingerprint density at radius 2 is 2.38 bits per heavy atom. The predicted octanol–water partition coefficient (Wildman–Crippen LogP) is 0.974. The number of aromatic nitrogens is 2. The molecular formula is C12H22N4. The highest BCUT2D eigenvalue weighted by Crippen LogP contribution is 2.37. The molecule has 3 atom stereocenters. The molecule has 0 amide bonds. The normalized spacial score (nSPS) is 25.8. The van der Waals surface area contributed by atoms with Crippen molar-refractivity contribution in [3.05, 3.63) is 17.5 Å². The highest BCUT2D eigenvalue weighted by Gasteiger charge is 2.32. The number of nitrogens with zero attached hydrogens (tertiary/aromatic N) is 2. The van der Waals surface area contributed by atoms with Crippen molar-refractivity contribution in [1.29, 1.82) is 0 Å². The first-order valence-electron chi connectivity index (χ1n) is 6.05. The highest BCUT2D eigenvalue weighted by molar-refractivity contribution is 5.20. The smallest absolute Gasteiger partial charge is 0.0641 e. The van der Waals surface area contributed by atoms with E-state index in [-0.39, 0.29) is 6.04 Å². The molecule has 1 saturated carbocycles. The summed E-state index contributed by atoms with van der Waals surface area (Å²) in [5, 5.41) is 7.91. The van der Waals surface area contributed by atoms with Crippen LogP contribution >= 0.6 is 0 Å². The zero-order valence-corrected chi connectivity index (χ0v) is 10.4. The molecule has 90 valence electrons. The van der Waals surface area contributed by atoms with Crippen molar-refractivity contribution in [2.45, 2.75) is 26.3 Å². The zero-order valence-electron chi connectivity index (χ0n) is 10.4. The van der Waals surface area contributed by atoms with Gasteiger partial charge in [-0.2, -0.15) is 5.10 Å². The van der Waals surface area contributed by atoms with E-state index in [4.69, 9.17) is 5.73 Å². The van der Waals surface area contributed by atoms with Crippen LogP contribution in [-0.2, 0) is 7.05 Å². The molecule has 16 heavy (non-hydrogen) atoms. The Balaban J connectivity index is 1.96. The lowest BCUT2D eigenvalue weighted by molar-refractivity contribution is 0.509. The number of rotatable bonds is 5. The Morgan fingerprint density at radius 3 is 2.81 bits per heavy atom. The van der Waals surface area contributed by atoms with Gasteiger partial charge < -0.3 is 11.1 Å². The highest BCUT2D eigenvalue weighted by atomic mass is 15.3. The van der Waals surface area contributed by atoms with E-state index in [0.717, 1.165) is 24.1 Å². The minimum absolute atomic E-state index is 0.251. The number of nitrogens with one attached hydrogen (secondary N) is 1. The molecule has 0 saturated heterocycles. The van der Waals surface area contributed by atoms with Gasteiger partial charge in [0.25, 0.3) is 0 Å². The molecular weight excluding hydrogens is 200 g/mol. The maximum atomic E-state index is 5.82. The molecule has 1 aliphatic carbocycles. The number of nitrogens with two attached hydrogens (primary N) is 1. The second-order valence-electron chi connectivity index (χ2n) is 5.01. The van der Waals surface area contributed by atoms with E-state index in [0.29, 0.717) is 6.54 Å². The second-order valence-corrected chi connectivity index (χ2v) is 5.01. The van der Waals surface area contributed by atoms with Crippen molar-refractivity contribution in [1.82, 2.24) is 15.1 Å². The maximum absolute atomic E-state index is 5.82. The van der Waals surface area contributed by atoms with Crippen LogP contribution in [0, 0.1) is 18.8 Å². The van der Waals surface area contributed by atoms with Gasteiger partial charge in [-0.3, -0.25) is 4.68 Å². The average Bonchev–Trinajstić information content (AvgIpc) is 2.83. The SMILES string of the molecule is Cc1nn(C)cc1C(CN)NCC1CC1C. The Bertz CT molecular complexity index is 358. The third-order valence-corrected chi connectivity index (χ3v) is 3.57. The molecule has 1 aliphatic rings. The van der Waals surface area contributed by atoms with Crippen LogP contribution in [0.4, 0.5) is 0 Å². The van der Waals surface area contributed by atoms with Gasteiger partial charge in [0.1, 0.15) is 0 Å². The molecule has 1 aromatic rings. The van der Waals surface area contributed by atoms with Crippen LogP contribution in [0.5, 0.6) is 0 Å². The average molecular weight is 222 g/mol. The van der Waals surface area contributed by atoms with Crippen LogP contribution in [0.25, 0.3) is 0 Å². The van der Waals surface area contributed by atoms with Gasteiger partial charge >= 0.3 is 0 Å². The van der Waals surface area contributed by atoms with Crippen LogP contribution in [0.3, 0.4) is 0 Å². The quantitative estimate of drug-likeness (QED) is 0.780. The van der Waals surface area contributed by atoms with Gasteiger partial charge in [0, 0.05) is 31.4 Å². The Kier molecular flexibility index (Phi) is 3.30. The third-order valence-electron chi connectivity index (χ3n) is 3.57. The number of hydrogen-bond acceptors (Lipinski definition) is 3. The Labute approximate surface area is 97.2 Å². The van der Waals surface area contributed by atoms with Crippen molar-refractivity contribution < 1.29 is 0 Å². The molecule has 1 fully saturated rings. The van der Waals surface area contributed by atoms with Crippen molar-refractivity contribution in [2.75, 3.05) is 13.1 Å². The second kappa shape index (κ2) is 4.55. The van der Waals surface area contributed by atoms with E-state index in [1.807, 2.05) is 18.7 Å². The zero-order chi connectivity index (χ0) is 11.7. The van der Waals surface area contributed by atoms with Gasteiger partial charge in [-0.15, -0.1) is 0 Å². The molecule has 4 heteroatoms. The maximum Gasteiger partial charge on any atom is 0.0641 e. The fourth-order valence-corrected chi connectivity index (χ4v) is 2.26. The van der Waals surface area contributed by atoms with Crippen LogP contribution in [0.2, 0.25) is 0 Å². The molecule has 4 nitrogen and oxygen atoms in total. The fraction of sp³-hybridized carbons (Fsp3) is 0.750. The fourth-order valence-electron chi connectivity index (χ4n) is 2.26. The summed E-state index contributed by atoms with van der Waals surface area (Å²) in [5.41, 5.74) is 8.14. The topological polar surface area (TPSA) is 55.9 Å². The standard InChI is InChI=1S/C12H22N4/c1-8-4-10(8)6-14-12(5-13)11-7-16(3)15-9(11)2/h7-8,10,12,14H,4-6,13H2,1-3H3. The minimum Gasteiger partial charge on any atom is -0.329 e. The van der Waals surface area contributed by atoms with E-state index < -0.39 is 0 Å². The molecule has 2 rings (SSSR count). The summed E-state index contributed by atoms with van der Waals surface area (Å²) in [6.07, 6.45) is 3.42. The first-order chi connectivity index (χ1) is 7.61. The van der Waals surface area contributed by atoms with E-state index in [2.05, 4.69) is 23.5 Å². The van der Waals surface area contributed by atoms with E-state index >= 15 is 0 Å². The van der Waals surface area contributed by atoms with Gasteiger partial charge in [-0.25, -0.2) is 0 Å². The van der Waals surface area contributed by atoms with E-state index in [1.165, 1.54) is 12.0 Å². The summed E-state index contributed by atoms with van der Waals surface area (Å²) in [7, 11) is 1.95. The summed E-state index contributed by atoms with van der Waals surface area (Å²) in [6, 6.07) is 0.251. The largest absolute Gasteiger partial charge is 0.329 e. The summed E-state index contributed by atoms with van der Waals surface area (Å²) >= 11 is 0. The Hall–Kier alpha value is -0.870. The van der Waals surface area contributed by atoms with Crippen LogP contribution < -0.4 is 11.1 Å². The summed E-state index contributed by atoms with van der Waals surface area (Å²) < 4.78 is 1.86. The molecule has 3 unspecified atom stereocenters. The minimum atomic E-state index is 0.251. The monoisotopic (exact) mass is 222 g/mol. The Morgan fingerprint density at radius 1 is 1.69 bits per heavy atom. The van der Waals surface area contributed by atoms with Crippen LogP contribution in [0.1, 0.15) is 30.6 Å². The molecule has 0 aromatic carbocycles. The van der Waals surface area contributed by atoms with Crippen molar-refractivity contribution >= 4 is 0 Å². The summed E-state index contributed by atoms with van der Waals surface area (Å²) in [4.78, 5) is 0. The van der Waals surface area contributed by atoms with Gasteiger partial charge in [-0.1, -0.05) is 6.92 Å². The van der Waals surface area contributed by atoms with Crippen molar-refractivity contribution in [3.8, 4) is 0 Å². The van der Waals surface area contributed by atoms with Gasteiger partial charge in [0.2, 0.25) is 0 Å². The van der Waals surface area contributed by atoms with Gasteiger partial charge in [0.15, 0.2) is 0 Å². The molecule has 1 heterocycles. The van der Waals surface area contributed by atoms with Gasteiger partial charge in [0.05, 0.1) is 5.69 Å². The van der Waals surface area contributed by atoms with Gasteiger partial charge in [-0.05, 0) is 31.7 Å². The van der Waals surface area contributed by atoms with Crippen LogP contribution in [0.15, 0.2) is 6.20 Å². The lowest BCUT2D eigenvalue weighted by atomic mass is 10.1. The molecule has 3 N–H and O–H groups in total. The van der Waals surface area contributed by atoms with E-state index in [1.54, 1.807) is 0 Å². The molecule has 0 radical (unpaired) electrons. The van der Waals surface area contributed by atoms with Crippen molar-refractivity contribution in [3.63, 3.8) is 0 Å². The third kappa shape index (κ3) is 2.44. The first kappa shape index (κ1) is 11.6. The van der Waals surface area contributed by atoms with Crippen molar-refractivity contribution in [2.24, 2.45) is 24.6 Å². The molecule has 1 aromatic heterocycles. The molecule has 0 aliphatic heterocycles. The molecule has 0 bridgehead atoms. The number of aryl methyl sites for hydroxylation is 2. The number of hydrogen-bond donors (Lipinski definition) is 2. The van der Waals surface area contributed by atoms with E-state index in [9.17, 15) is 0 Å². The lowest BCUT2D eigenvalue weighted by Gasteiger charge is -2.16. The summed E-state index contributed by atoms with van der Waals surface area (Å²) in [6.45, 7) is 6.06. The predicted molar refractivity (Wildman–Crippen MR) is 65.0 cm³/mol. The first-order valence-corrected chi connectivity index (χ1v) is 6.05. The lowest BCUT2D eigenvalue weighted by Crippen LogP contribution is -2.30. The van der Waals surface area contributed by atoms with Crippen LogP contribution in [-0.4, -0.2) is 22.9 Å². The molecule has 0 spiro atoms. The summed E-state index contributed by atoms with van der Waals surface area (Å²) in [5.74, 6) is 1.74.